The van der Waals surface area contributed by atoms with Crippen molar-refractivity contribution in [2.75, 3.05) is 32.6 Å². The highest BCUT2D eigenvalue weighted by molar-refractivity contribution is 9.10. The van der Waals surface area contributed by atoms with Gasteiger partial charge in [0, 0.05) is 36.8 Å². The molecule has 4 aromatic rings. The molecule has 0 unspecified atom stereocenters. The van der Waals surface area contributed by atoms with Gasteiger partial charge < -0.3 is 14.0 Å². The van der Waals surface area contributed by atoms with E-state index in [2.05, 4.69) is 77.1 Å². The number of aromatic nitrogens is 2. The third-order valence-corrected chi connectivity index (χ3v) is 7.78. The van der Waals surface area contributed by atoms with Crippen LogP contribution in [0.1, 0.15) is 44.2 Å². The van der Waals surface area contributed by atoms with Crippen molar-refractivity contribution < 1.29 is 14.3 Å². The zero-order valence-electron chi connectivity index (χ0n) is 23.3. The third-order valence-electron chi connectivity index (χ3n) is 6.10. The van der Waals surface area contributed by atoms with Crippen molar-refractivity contribution >= 4 is 44.4 Å². The Bertz CT molecular complexity index is 1320. The number of thioether (sulfide) groups is 1. The molecule has 1 N–H and O–H groups in total. The van der Waals surface area contributed by atoms with Crippen LogP contribution in [0.2, 0.25) is 0 Å². The predicted molar refractivity (Wildman–Crippen MR) is 163 cm³/mol. The highest BCUT2D eigenvalue weighted by Gasteiger charge is 2.20. The molecule has 0 atom stereocenters. The zero-order chi connectivity index (χ0) is 27.7. The molecule has 0 aliphatic carbocycles. The summed E-state index contributed by atoms with van der Waals surface area (Å²) in [6.45, 7) is 7.72. The van der Waals surface area contributed by atoms with Gasteiger partial charge >= 0.3 is 0 Å². The molecule has 1 heterocycles. The molecule has 38 heavy (non-hydrogen) atoms. The van der Waals surface area contributed by atoms with Crippen molar-refractivity contribution in [3.63, 3.8) is 0 Å². The Morgan fingerprint density at radius 1 is 1.08 bits per heavy atom. The number of nitrogens with zero attached hydrogens (tertiary/aromatic N) is 2. The van der Waals surface area contributed by atoms with E-state index in [-0.39, 0.29) is 0 Å². The van der Waals surface area contributed by atoms with Gasteiger partial charge in [-0.1, -0.05) is 57.2 Å². The van der Waals surface area contributed by atoms with Crippen molar-refractivity contribution in [1.29, 1.82) is 0 Å². The fourth-order valence-electron chi connectivity index (χ4n) is 4.04. The second kappa shape index (κ2) is 14.6. The Morgan fingerprint density at radius 2 is 1.79 bits per heavy atom. The van der Waals surface area contributed by atoms with Crippen molar-refractivity contribution in [2.24, 2.45) is 7.05 Å². The van der Waals surface area contributed by atoms with E-state index in [0.29, 0.717) is 12.5 Å². The summed E-state index contributed by atoms with van der Waals surface area (Å²) >= 11 is 5.44. The van der Waals surface area contributed by atoms with Crippen LogP contribution in [0.4, 0.5) is 5.69 Å². The van der Waals surface area contributed by atoms with Gasteiger partial charge in [0.15, 0.2) is 0 Å². The van der Waals surface area contributed by atoms with E-state index in [1.165, 1.54) is 5.56 Å². The fourth-order valence-corrected chi connectivity index (χ4v) is 5.09. The summed E-state index contributed by atoms with van der Waals surface area (Å²) < 4.78 is 13.4. The number of imidazole rings is 1. The lowest BCUT2D eigenvalue weighted by molar-refractivity contribution is 0.179. The maximum atomic E-state index is 5.85. The van der Waals surface area contributed by atoms with Crippen LogP contribution in [0.15, 0.2) is 64.0 Å². The van der Waals surface area contributed by atoms with E-state index in [0.717, 1.165) is 61.8 Å². The highest BCUT2D eigenvalue weighted by Crippen LogP contribution is 2.38. The first-order chi connectivity index (χ1) is 18.4. The molecule has 8 heteroatoms. The number of halogens is 1. The molecule has 204 valence electrons. The average Bonchev–Trinajstić information content (AvgIpc) is 3.28. The molecule has 6 nitrogen and oxygen atoms in total. The summed E-state index contributed by atoms with van der Waals surface area (Å²) in [5.41, 5.74) is 9.14. The number of aryl methyl sites for hydroxylation is 1. The van der Waals surface area contributed by atoms with E-state index in [1.807, 2.05) is 37.6 Å². The minimum absolute atomic E-state index is 0.352. The molecule has 0 aliphatic rings. The first kappa shape index (κ1) is 30.0. The van der Waals surface area contributed by atoms with E-state index < -0.39 is 0 Å². The van der Waals surface area contributed by atoms with Crippen LogP contribution in [0, 0.1) is 0 Å². The zero-order valence-corrected chi connectivity index (χ0v) is 25.7. The van der Waals surface area contributed by atoms with Crippen molar-refractivity contribution in [1.82, 2.24) is 9.55 Å². The highest BCUT2D eigenvalue weighted by atomic mass is 79.9. The van der Waals surface area contributed by atoms with Crippen molar-refractivity contribution in [3.05, 3.63) is 70.2 Å². The first-order valence-corrected chi connectivity index (χ1v) is 14.7. The minimum Gasteiger partial charge on any atom is -0.494 e. The Kier molecular flexibility index (Phi) is 11.5. The Labute approximate surface area is 239 Å². The maximum absolute atomic E-state index is 5.85. The molecule has 0 amide bonds. The van der Waals surface area contributed by atoms with Gasteiger partial charge in [-0.05, 0) is 58.3 Å². The molecular weight excluding hydrogens is 562 g/mol. The van der Waals surface area contributed by atoms with Crippen LogP contribution in [0.25, 0.3) is 22.4 Å². The minimum atomic E-state index is 0.352. The summed E-state index contributed by atoms with van der Waals surface area (Å²) in [4.78, 5) is 12.0. The molecular formula is C30H38BrN3O3S. The monoisotopic (exact) mass is 599 g/mol. The van der Waals surface area contributed by atoms with Crippen LogP contribution in [0.3, 0.4) is 0 Å². The van der Waals surface area contributed by atoms with Crippen LogP contribution in [0.5, 0.6) is 5.75 Å². The molecule has 4 rings (SSSR count). The number of ether oxygens (including phenoxy) is 2. The smallest absolute Gasteiger partial charge is 0.145 e. The molecule has 0 saturated heterocycles. The number of fused-ring (bicyclic) bond motifs is 1. The van der Waals surface area contributed by atoms with E-state index in [1.54, 1.807) is 26.0 Å². The number of anilines is 1. The Hall–Kier alpha value is -2.52. The second-order valence-electron chi connectivity index (χ2n) is 9.10. The molecule has 1 aromatic heterocycles. The van der Waals surface area contributed by atoms with Gasteiger partial charge in [-0.25, -0.2) is 4.98 Å². The van der Waals surface area contributed by atoms with E-state index in [9.17, 15) is 0 Å². The fraction of sp³-hybridized carbons (Fsp3) is 0.367. The average molecular weight is 601 g/mol. The van der Waals surface area contributed by atoms with Crippen LogP contribution >= 0.6 is 27.7 Å². The van der Waals surface area contributed by atoms with Crippen molar-refractivity contribution in [2.45, 2.75) is 44.6 Å². The lowest BCUT2D eigenvalue weighted by Gasteiger charge is -2.13. The molecule has 0 bridgehead atoms. The van der Waals surface area contributed by atoms with Gasteiger partial charge in [0.25, 0.3) is 0 Å². The lowest BCUT2D eigenvalue weighted by Crippen LogP contribution is -2.04. The largest absolute Gasteiger partial charge is 0.494 e. The molecule has 0 aliphatic heterocycles. The lowest BCUT2D eigenvalue weighted by atomic mass is 10.0. The van der Waals surface area contributed by atoms with Crippen LogP contribution < -0.4 is 10.2 Å². The Morgan fingerprint density at radius 3 is 2.37 bits per heavy atom. The maximum Gasteiger partial charge on any atom is 0.145 e. The van der Waals surface area contributed by atoms with E-state index >= 15 is 0 Å². The summed E-state index contributed by atoms with van der Waals surface area (Å²) in [6, 6.07) is 18.7. The SMILES string of the molecule is CCCOC.COc1cc(CONc2ccccc2SC)c(Br)c2nc(-c3ccc(C(C)C)cc3)n(C)c12. The summed E-state index contributed by atoms with van der Waals surface area (Å²) in [5, 5.41) is 0. The number of nitrogens with one attached hydrogen (secondary N) is 1. The molecule has 0 spiro atoms. The summed E-state index contributed by atoms with van der Waals surface area (Å²) in [6.07, 6.45) is 3.17. The molecule has 0 saturated carbocycles. The number of methoxy groups -OCH3 is 2. The summed E-state index contributed by atoms with van der Waals surface area (Å²) in [5.74, 6) is 2.15. The summed E-state index contributed by atoms with van der Waals surface area (Å²) in [7, 11) is 5.42. The molecule has 0 fully saturated rings. The first-order valence-electron chi connectivity index (χ1n) is 12.7. The number of para-hydroxylation sites is 1. The number of hydrogen-bond donors (Lipinski definition) is 1. The molecule has 0 radical (unpaired) electrons. The number of benzene rings is 3. The van der Waals surface area contributed by atoms with Gasteiger partial charge in [0.05, 0.1) is 17.3 Å². The standard InChI is InChI=1S/C26H28BrN3O2S.C4H10O/c1-16(2)17-10-12-18(13-11-17)26-28-24-23(27)19(14-21(31-4)25(24)30(26)3)15-32-29-20-8-6-7-9-22(20)33-5;1-3-4-5-2/h6-14,16,29H,15H2,1-5H3;3-4H2,1-2H3. The topological polar surface area (TPSA) is 57.5 Å². The Balaban J connectivity index is 0.000000732. The second-order valence-corrected chi connectivity index (χ2v) is 10.7. The van der Waals surface area contributed by atoms with Gasteiger partial charge in [-0.2, -0.15) is 0 Å². The van der Waals surface area contributed by atoms with Gasteiger partial charge in [0.1, 0.15) is 29.2 Å². The predicted octanol–water partition coefficient (Wildman–Crippen LogP) is 8.44. The van der Waals surface area contributed by atoms with Crippen molar-refractivity contribution in [3.8, 4) is 17.1 Å². The normalized spacial score (nSPS) is 11.0. The van der Waals surface area contributed by atoms with Gasteiger partial charge in [0.2, 0.25) is 0 Å². The van der Waals surface area contributed by atoms with Gasteiger partial charge in [-0.15, -0.1) is 11.8 Å². The number of hydrogen-bond acceptors (Lipinski definition) is 6. The third kappa shape index (κ3) is 7.11. The molecule has 3 aromatic carbocycles. The number of rotatable bonds is 10. The van der Waals surface area contributed by atoms with Crippen LogP contribution in [-0.2, 0) is 23.2 Å². The van der Waals surface area contributed by atoms with Gasteiger partial charge in [-0.3, -0.25) is 10.3 Å². The quantitative estimate of drug-likeness (QED) is 0.146. The van der Waals surface area contributed by atoms with Crippen LogP contribution in [-0.4, -0.2) is 36.6 Å². The van der Waals surface area contributed by atoms with E-state index in [4.69, 9.17) is 19.3 Å².